The molecule has 1 fully saturated rings. The van der Waals surface area contributed by atoms with Crippen molar-refractivity contribution in [2.75, 3.05) is 33.0 Å². The summed E-state index contributed by atoms with van der Waals surface area (Å²) in [6.07, 6.45) is -0.664. The van der Waals surface area contributed by atoms with Crippen LogP contribution in [0.2, 0.25) is 0 Å². The average Bonchev–Trinajstić information content (AvgIpc) is 3.50. The maximum atomic E-state index is 13.7. The van der Waals surface area contributed by atoms with Gasteiger partial charge >= 0.3 is 6.18 Å². The molecule has 2 aliphatic heterocycles. The van der Waals surface area contributed by atoms with Gasteiger partial charge in [0.25, 0.3) is 11.8 Å². The van der Waals surface area contributed by atoms with E-state index in [0.29, 0.717) is 37.3 Å². The van der Waals surface area contributed by atoms with Gasteiger partial charge in [0, 0.05) is 30.9 Å². The van der Waals surface area contributed by atoms with E-state index in [-0.39, 0.29) is 42.4 Å². The first-order chi connectivity index (χ1) is 20.1. The van der Waals surface area contributed by atoms with Crippen LogP contribution in [0.4, 0.5) is 13.2 Å². The minimum atomic E-state index is -4.46. The molecule has 14 heteroatoms. The lowest BCUT2D eigenvalue weighted by atomic mass is 9.82. The summed E-state index contributed by atoms with van der Waals surface area (Å²) in [5.41, 5.74) is 1.03. The van der Waals surface area contributed by atoms with E-state index in [1.54, 1.807) is 24.3 Å². The Bertz CT molecular complexity index is 1560. The molecule has 3 aliphatic rings. The minimum absolute atomic E-state index is 0.0186. The van der Waals surface area contributed by atoms with Crippen LogP contribution >= 0.6 is 0 Å². The number of nitrogens with zero attached hydrogens (tertiary/aromatic N) is 3. The standard InChI is InChI=1S/C28H27F3N6O5/c29-28(30,31)15-42-18-2-3-19-17(7-18)5-6-27(19)8-20-22(24(39)35-27)23(25(40)34-11-26(12-38)13-41-14-26)37(36-20)21-4-1-16(9-32)10-33-21/h1-4,7,9-10,32,38H,5-6,8,11-15H2,(H,34,40)(H,35,39)/t27-/m0/s1. The van der Waals surface area contributed by atoms with Crippen LogP contribution in [-0.2, 0) is 23.1 Å². The van der Waals surface area contributed by atoms with Crippen molar-refractivity contribution < 1.29 is 37.3 Å². The largest absolute Gasteiger partial charge is 0.484 e. The van der Waals surface area contributed by atoms with Crippen LogP contribution in [-0.4, -0.2) is 77.0 Å². The molecule has 4 N–H and O–H groups in total. The third-order valence-electron chi connectivity index (χ3n) is 7.97. The fourth-order valence-electron chi connectivity index (χ4n) is 5.71. The van der Waals surface area contributed by atoms with Gasteiger partial charge in [-0.2, -0.15) is 18.3 Å². The highest BCUT2D eigenvalue weighted by atomic mass is 19.4. The number of benzene rings is 1. The second-order valence-corrected chi connectivity index (χ2v) is 10.9. The van der Waals surface area contributed by atoms with Crippen molar-refractivity contribution in [3.05, 3.63) is 70.2 Å². The Morgan fingerprint density at radius 1 is 1.29 bits per heavy atom. The lowest BCUT2D eigenvalue weighted by molar-refractivity contribution is -0.153. The highest BCUT2D eigenvalue weighted by molar-refractivity contribution is 6.08. The molecule has 42 heavy (non-hydrogen) atoms. The molecule has 1 atom stereocenters. The van der Waals surface area contributed by atoms with E-state index >= 15 is 0 Å². The average molecular weight is 585 g/mol. The van der Waals surface area contributed by atoms with E-state index in [9.17, 15) is 27.9 Å². The fourth-order valence-corrected chi connectivity index (χ4v) is 5.71. The van der Waals surface area contributed by atoms with Gasteiger partial charge < -0.3 is 30.6 Å². The molecule has 0 bridgehead atoms. The van der Waals surface area contributed by atoms with Gasteiger partial charge in [0.2, 0.25) is 0 Å². The molecule has 2 amide bonds. The molecule has 6 rings (SSSR count). The Kier molecular flexibility index (Phi) is 6.77. The quantitative estimate of drug-likeness (QED) is 0.296. The number of fused-ring (bicyclic) bond motifs is 3. The number of pyridine rings is 1. The molecular formula is C28H27F3N6O5. The van der Waals surface area contributed by atoms with E-state index in [0.717, 1.165) is 17.3 Å². The highest BCUT2D eigenvalue weighted by Crippen LogP contribution is 2.44. The first-order valence-electron chi connectivity index (χ1n) is 13.3. The number of aliphatic hydroxyl groups excluding tert-OH is 1. The third-order valence-corrected chi connectivity index (χ3v) is 7.97. The summed E-state index contributed by atoms with van der Waals surface area (Å²) in [6, 6.07) is 7.90. The molecule has 1 saturated heterocycles. The summed E-state index contributed by atoms with van der Waals surface area (Å²) in [5, 5.41) is 27.8. The Balaban J connectivity index is 1.35. The number of hydrogen-bond donors (Lipinski definition) is 4. The van der Waals surface area contributed by atoms with Crippen molar-refractivity contribution in [1.82, 2.24) is 25.4 Å². The van der Waals surface area contributed by atoms with E-state index < -0.39 is 35.6 Å². The summed E-state index contributed by atoms with van der Waals surface area (Å²) in [5.74, 6) is -0.737. The smallest absolute Gasteiger partial charge is 0.422 e. The predicted molar refractivity (Wildman–Crippen MR) is 141 cm³/mol. The zero-order valence-corrected chi connectivity index (χ0v) is 22.3. The molecule has 3 aromatic rings. The van der Waals surface area contributed by atoms with Crippen molar-refractivity contribution in [2.45, 2.75) is 31.0 Å². The summed E-state index contributed by atoms with van der Waals surface area (Å²) in [6.45, 7) is -0.873. The summed E-state index contributed by atoms with van der Waals surface area (Å²) in [7, 11) is 0. The number of carbonyl (C=O) groups is 2. The lowest BCUT2D eigenvalue weighted by Crippen LogP contribution is -2.53. The van der Waals surface area contributed by atoms with Gasteiger partial charge in [-0.25, -0.2) is 9.67 Å². The molecule has 0 unspecified atom stereocenters. The van der Waals surface area contributed by atoms with Crippen molar-refractivity contribution in [3.8, 4) is 11.6 Å². The molecule has 1 aliphatic carbocycles. The Morgan fingerprint density at radius 2 is 2.10 bits per heavy atom. The first-order valence-corrected chi connectivity index (χ1v) is 13.3. The van der Waals surface area contributed by atoms with Gasteiger partial charge in [0.1, 0.15) is 11.4 Å². The van der Waals surface area contributed by atoms with Crippen LogP contribution in [0.15, 0.2) is 36.5 Å². The van der Waals surface area contributed by atoms with Gasteiger partial charge in [-0.3, -0.25) is 9.59 Å². The molecule has 0 saturated carbocycles. The summed E-state index contributed by atoms with van der Waals surface area (Å²) >= 11 is 0. The fraction of sp³-hybridized carbons (Fsp3) is 0.393. The van der Waals surface area contributed by atoms with Crippen LogP contribution in [0.5, 0.6) is 5.75 Å². The first kappa shape index (κ1) is 27.8. The molecule has 11 nitrogen and oxygen atoms in total. The van der Waals surface area contributed by atoms with Gasteiger partial charge in [-0.1, -0.05) is 6.07 Å². The van der Waals surface area contributed by atoms with Gasteiger partial charge in [0.15, 0.2) is 12.4 Å². The number of aryl methyl sites for hydroxylation is 1. The van der Waals surface area contributed by atoms with Crippen molar-refractivity contribution in [2.24, 2.45) is 5.41 Å². The predicted octanol–water partition coefficient (Wildman–Crippen LogP) is 2.07. The number of nitrogens with one attached hydrogen (secondary N) is 3. The van der Waals surface area contributed by atoms with Crippen LogP contribution in [0.1, 0.15) is 49.7 Å². The van der Waals surface area contributed by atoms with Crippen LogP contribution in [0.25, 0.3) is 5.82 Å². The molecular weight excluding hydrogens is 557 g/mol. The number of aromatic nitrogens is 3. The van der Waals surface area contributed by atoms with Crippen LogP contribution in [0.3, 0.4) is 0 Å². The number of alkyl halides is 3. The second-order valence-electron chi connectivity index (χ2n) is 10.9. The molecule has 0 radical (unpaired) electrons. The molecule has 4 heterocycles. The summed E-state index contributed by atoms with van der Waals surface area (Å²) < 4.78 is 49.4. The number of amides is 2. The lowest BCUT2D eigenvalue weighted by Gasteiger charge is -2.39. The van der Waals surface area contributed by atoms with E-state index in [1.807, 2.05) is 0 Å². The number of aliphatic hydroxyl groups is 1. The Labute approximate surface area is 237 Å². The van der Waals surface area contributed by atoms with Gasteiger partial charge in [-0.15, -0.1) is 0 Å². The Hall–Kier alpha value is -4.30. The number of rotatable bonds is 8. The second kappa shape index (κ2) is 10.2. The Morgan fingerprint density at radius 3 is 2.74 bits per heavy atom. The topological polar surface area (TPSA) is 151 Å². The third kappa shape index (κ3) is 4.90. The van der Waals surface area contributed by atoms with E-state index in [4.69, 9.17) is 14.9 Å². The number of halogens is 3. The molecule has 220 valence electrons. The monoisotopic (exact) mass is 584 g/mol. The number of hydrogen-bond acceptors (Lipinski definition) is 8. The normalized spacial score (nSPS) is 20.3. The van der Waals surface area contributed by atoms with Crippen LogP contribution < -0.4 is 15.4 Å². The molecule has 1 aromatic carbocycles. The van der Waals surface area contributed by atoms with Gasteiger partial charge in [0.05, 0.1) is 42.0 Å². The maximum Gasteiger partial charge on any atom is 0.422 e. The van der Waals surface area contributed by atoms with E-state index in [1.165, 1.54) is 16.9 Å². The molecule has 2 aromatic heterocycles. The zero-order valence-electron chi connectivity index (χ0n) is 22.3. The zero-order chi connectivity index (χ0) is 29.7. The number of carbonyl (C=O) groups excluding carboxylic acids is 2. The van der Waals surface area contributed by atoms with Crippen molar-refractivity contribution in [3.63, 3.8) is 0 Å². The van der Waals surface area contributed by atoms with Crippen molar-refractivity contribution >= 4 is 18.0 Å². The van der Waals surface area contributed by atoms with Gasteiger partial charge in [-0.05, 0) is 48.2 Å². The SMILES string of the molecule is N=Cc1ccc(-n2nc3c(c2C(=O)NCC2(CO)COC2)C(=O)N[C@@]2(CCc4cc(OCC(F)(F)F)ccc42)C3)nc1. The van der Waals surface area contributed by atoms with Crippen molar-refractivity contribution in [1.29, 1.82) is 5.41 Å². The van der Waals surface area contributed by atoms with Crippen LogP contribution in [0, 0.1) is 10.8 Å². The highest BCUT2D eigenvalue weighted by Gasteiger charge is 2.48. The number of ether oxygens (including phenoxy) is 2. The van der Waals surface area contributed by atoms with E-state index in [2.05, 4.69) is 20.7 Å². The summed E-state index contributed by atoms with van der Waals surface area (Å²) in [4.78, 5) is 31.7. The maximum absolute atomic E-state index is 13.7. The minimum Gasteiger partial charge on any atom is -0.484 e. The molecule has 1 spiro atoms.